The van der Waals surface area contributed by atoms with Gasteiger partial charge in [0.15, 0.2) is 17.6 Å². The van der Waals surface area contributed by atoms with Crippen molar-refractivity contribution >= 4 is 22.6 Å². The second-order valence-electron chi connectivity index (χ2n) is 12.2. The number of fused-ring (bicyclic) bond motifs is 4. The summed E-state index contributed by atoms with van der Waals surface area (Å²) >= 11 is 6.66. The molecule has 2 bridgehead atoms. The molecule has 5 aliphatic rings. The number of phenolic OH excluding ortho intramolecular Hbond substituents is 1. The van der Waals surface area contributed by atoms with Gasteiger partial charge >= 0.3 is 0 Å². The van der Waals surface area contributed by atoms with Crippen molar-refractivity contribution in [2.75, 3.05) is 13.1 Å². The summed E-state index contributed by atoms with van der Waals surface area (Å²) in [5, 5.41) is 12.9. The van der Waals surface area contributed by atoms with E-state index in [2.05, 4.69) is 29.2 Å². The highest BCUT2D eigenvalue weighted by Gasteiger charge is 2.74. The molecule has 3 aromatic carbocycles. The van der Waals surface area contributed by atoms with Crippen LogP contribution in [0.1, 0.15) is 53.4 Å². The number of hydrogen-bond donors (Lipinski definition) is 1. The summed E-state index contributed by atoms with van der Waals surface area (Å²) < 4.78 is 20.8. The highest BCUT2D eigenvalue weighted by atomic mass is 35.5. The molecule has 1 saturated heterocycles. The number of likely N-dealkylation sites (tertiary alicyclic amines) is 1. The molecular formula is C33H30ClNO4. The standard InChI is InChI=1S/C33H30ClNO4/c34-24-7-3-1-5-21(24)18-37-33-16-23-22-6-2-4-8-26(22)38-29(23)31-32(33)13-14-35(17-19-9-10-19)27(33)15-20-11-12-25(36)30(39-31)28(20)32/h1-8,11-12,19,27,31,36H,9-10,13-18H2/t27-,31+,32+,33-/m1/s1. The monoisotopic (exact) mass is 539 g/mol. The minimum atomic E-state index is -0.560. The Morgan fingerprint density at radius 1 is 1.05 bits per heavy atom. The van der Waals surface area contributed by atoms with Crippen molar-refractivity contribution in [2.45, 2.75) is 61.9 Å². The molecule has 9 rings (SSSR count). The van der Waals surface area contributed by atoms with E-state index < -0.39 is 11.0 Å². The zero-order chi connectivity index (χ0) is 25.9. The first-order valence-electron chi connectivity index (χ1n) is 14.2. The number of phenols is 1. The molecule has 1 saturated carbocycles. The van der Waals surface area contributed by atoms with Crippen molar-refractivity contribution in [1.82, 2.24) is 4.90 Å². The zero-order valence-electron chi connectivity index (χ0n) is 21.7. The highest BCUT2D eigenvalue weighted by Crippen LogP contribution is 2.70. The third kappa shape index (κ3) is 2.88. The summed E-state index contributed by atoms with van der Waals surface area (Å²) in [5.74, 6) is 2.49. The van der Waals surface area contributed by atoms with Gasteiger partial charge in [-0.3, -0.25) is 4.90 Å². The van der Waals surface area contributed by atoms with Gasteiger partial charge in [0, 0.05) is 40.5 Å². The van der Waals surface area contributed by atoms with Gasteiger partial charge in [-0.05, 0) is 67.5 Å². The SMILES string of the molecule is Oc1ccc2c3c1O[C@H]1c4oc5ccccc5c4C[C@@]4(OCc5ccccc5Cl)[C@@H](C2)N(CC2CC2)CC[C@]314. The maximum absolute atomic E-state index is 11.1. The molecule has 198 valence electrons. The van der Waals surface area contributed by atoms with E-state index in [-0.39, 0.29) is 17.9 Å². The van der Waals surface area contributed by atoms with Gasteiger partial charge < -0.3 is 19.0 Å². The number of halogens is 1. The summed E-state index contributed by atoms with van der Waals surface area (Å²) in [5.41, 5.74) is 4.45. The van der Waals surface area contributed by atoms with E-state index in [0.717, 1.165) is 71.1 Å². The van der Waals surface area contributed by atoms with Gasteiger partial charge in [0.2, 0.25) is 0 Å². The van der Waals surface area contributed by atoms with Gasteiger partial charge in [-0.15, -0.1) is 0 Å². The summed E-state index contributed by atoms with van der Waals surface area (Å²) in [7, 11) is 0. The fourth-order valence-electron chi connectivity index (χ4n) is 8.49. The van der Waals surface area contributed by atoms with Crippen LogP contribution in [0.25, 0.3) is 11.0 Å². The molecular weight excluding hydrogens is 510 g/mol. The van der Waals surface area contributed by atoms with Crippen molar-refractivity contribution in [1.29, 1.82) is 0 Å². The van der Waals surface area contributed by atoms with Crippen LogP contribution in [0.15, 0.2) is 65.1 Å². The van der Waals surface area contributed by atoms with E-state index in [1.165, 1.54) is 24.0 Å². The van der Waals surface area contributed by atoms with Gasteiger partial charge in [-0.2, -0.15) is 0 Å². The molecule has 4 aromatic rings. The van der Waals surface area contributed by atoms with Crippen LogP contribution in [0, 0.1) is 5.92 Å². The second-order valence-corrected chi connectivity index (χ2v) is 12.6. The Hall–Kier alpha value is -2.99. The summed E-state index contributed by atoms with van der Waals surface area (Å²) in [6, 6.07) is 20.4. The molecule has 5 nitrogen and oxygen atoms in total. The molecule has 1 N–H and O–H groups in total. The van der Waals surface area contributed by atoms with Crippen molar-refractivity contribution in [3.8, 4) is 11.5 Å². The Kier molecular flexibility index (Phi) is 4.56. The number of aromatic hydroxyl groups is 1. The fourth-order valence-corrected chi connectivity index (χ4v) is 8.68. The lowest BCUT2D eigenvalue weighted by molar-refractivity contribution is -0.212. The highest BCUT2D eigenvalue weighted by molar-refractivity contribution is 6.31. The van der Waals surface area contributed by atoms with Crippen molar-refractivity contribution < 1.29 is 19.0 Å². The Morgan fingerprint density at radius 2 is 1.90 bits per heavy atom. The van der Waals surface area contributed by atoms with Gasteiger partial charge in [-0.1, -0.05) is 54.1 Å². The van der Waals surface area contributed by atoms with E-state index in [4.69, 9.17) is 25.5 Å². The number of hydrogen-bond acceptors (Lipinski definition) is 5. The molecule has 1 aromatic heterocycles. The molecule has 6 heteroatoms. The van der Waals surface area contributed by atoms with Crippen LogP contribution in [0.2, 0.25) is 5.02 Å². The van der Waals surface area contributed by atoms with Gasteiger partial charge in [-0.25, -0.2) is 0 Å². The molecule has 2 fully saturated rings. The molecule has 39 heavy (non-hydrogen) atoms. The maximum atomic E-state index is 11.1. The lowest BCUT2D eigenvalue weighted by atomic mass is 9.49. The first-order valence-corrected chi connectivity index (χ1v) is 14.6. The van der Waals surface area contributed by atoms with Crippen LogP contribution < -0.4 is 4.74 Å². The van der Waals surface area contributed by atoms with Gasteiger partial charge in [0.25, 0.3) is 0 Å². The number of nitrogens with zero attached hydrogens (tertiary/aromatic N) is 1. The quantitative estimate of drug-likeness (QED) is 0.305. The van der Waals surface area contributed by atoms with Crippen LogP contribution in [-0.2, 0) is 29.6 Å². The fraction of sp³-hybridized carbons (Fsp3) is 0.394. The Morgan fingerprint density at radius 3 is 2.77 bits per heavy atom. The zero-order valence-corrected chi connectivity index (χ0v) is 22.4. The number of piperidine rings is 1. The lowest BCUT2D eigenvalue weighted by Crippen LogP contribution is -2.75. The van der Waals surface area contributed by atoms with Crippen molar-refractivity contribution in [3.63, 3.8) is 0 Å². The Labute approximate surface area is 232 Å². The van der Waals surface area contributed by atoms with E-state index >= 15 is 0 Å². The average molecular weight is 540 g/mol. The van der Waals surface area contributed by atoms with Crippen LogP contribution in [-0.4, -0.2) is 34.7 Å². The normalized spacial score (nSPS) is 30.2. The largest absolute Gasteiger partial charge is 0.504 e. The topological polar surface area (TPSA) is 55.1 Å². The van der Waals surface area contributed by atoms with Crippen LogP contribution in [0.3, 0.4) is 0 Å². The minimum Gasteiger partial charge on any atom is -0.504 e. The predicted molar refractivity (Wildman–Crippen MR) is 148 cm³/mol. The van der Waals surface area contributed by atoms with Crippen LogP contribution in [0.5, 0.6) is 11.5 Å². The maximum Gasteiger partial charge on any atom is 0.169 e. The third-order valence-electron chi connectivity index (χ3n) is 10.3. The third-order valence-corrected chi connectivity index (χ3v) is 10.7. The van der Waals surface area contributed by atoms with E-state index in [1.807, 2.05) is 30.3 Å². The first-order chi connectivity index (χ1) is 19.1. The first kappa shape index (κ1) is 22.8. The van der Waals surface area contributed by atoms with Crippen LogP contribution in [0.4, 0.5) is 0 Å². The van der Waals surface area contributed by atoms with Crippen LogP contribution >= 0.6 is 11.6 Å². The number of benzene rings is 3. The average Bonchev–Trinajstić information content (AvgIpc) is 3.59. The lowest BCUT2D eigenvalue weighted by Gasteiger charge is -2.64. The van der Waals surface area contributed by atoms with E-state index in [0.29, 0.717) is 12.4 Å². The predicted octanol–water partition coefficient (Wildman–Crippen LogP) is 6.72. The van der Waals surface area contributed by atoms with Gasteiger partial charge in [0.05, 0.1) is 12.0 Å². The van der Waals surface area contributed by atoms with E-state index in [9.17, 15) is 5.11 Å². The van der Waals surface area contributed by atoms with Gasteiger partial charge in [0.1, 0.15) is 16.9 Å². The molecule has 0 radical (unpaired) electrons. The molecule has 1 spiro atoms. The number of furan rings is 1. The molecule has 3 heterocycles. The van der Waals surface area contributed by atoms with Crippen molar-refractivity contribution in [3.05, 3.63) is 93.7 Å². The number of rotatable bonds is 5. The molecule has 0 unspecified atom stereocenters. The number of para-hydroxylation sites is 1. The molecule has 4 atom stereocenters. The number of ether oxygens (including phenoxy) is 2. The van der Waals surface area contributed by atoms with E-state index in [1.54, 1.807) is 6.07 Å². The van der Waals surface area contributed by atoms with Crippen molar-refractivity contribution in [2.24, 2.45) is 5.92 Å². The summed E-state index contributed by atoms with van der Waals surface area (Å²) in [6.07, 6.45) is 4.79. The summed E-state index contributed by atoms with van der Waals surface area (Å²) in [4.78, 5) is 2.72. The minimum absolute atomic E-state index is 0.185. The molecule has 0 amide bonds. The Bertz CT molecular complexity index is 1660. The smallest absolute Gasteiger partial charge is 0.169 e. The molecule has 2 aliphatic heterocycles. The molecule has 3 aliphatic carbocycles. The second kappa shape index (κ2) is 7.81. The summed E-state index contributed by atoms with van der Waals surface area (Å²) in [6.45, 7) is 2.53. The Balaban J connectivity index is 1.31.